The predicted molar refractivity (Wildman–Crippen MR) is 73.6 cm³/mol. The molecule has 0 atom stereocenters. The number of carbonyl (C=O) groups excluding carboxylic acids is 1. The summed E-state index contributed by atoms with van der Waals surface area (Å²) < 4.78 is 16.6. The molecule has 0 aliphatic carbocycles. The van der Waals surface area contributed by atoms with Gasteiger partial charge in [0.15, 0.2) is 0 Å². The normalized spacial score (nSPS) is 11.2. The van der Waals surface area contributed by atoms with Gasteiger partial charge in [-0.05, 0) is 40.8 Å². The van der Waals surface area contributed by atoms with Gasteiger partial charge in [0.2, 0.25) is 0 Å². The van der Waals surface area contributed by atoms with Crippen LogP contribution in [0.3, 0.4) is 0 Å². The fraction of sp³-hybridized carbons (Fsp3) is 0.222. The number of nitrogens with zero attached hydrogens (tertiary/aromatic N) is 1. The monoisotopic (exact) mass is 401 g/mol. The quantitative estimate of drug-likeness (QED) is 0.679. The van der Waals surface area contributed by atoms with E-state index in [-0.39, 0.29) is 0 Å². The van der Waals surface area contributed by atoms with Crippen LogP contribution >= 0.6 is 38.5 Å². The first-order chi connectivity index (χ1) is 6.79. The molecule has 0 aliphatic rings. The van der Waals surface area contributed by atoms with Gasteiger partial charge in [0.1, 0.15) is 0 Å². The minimum atomic E-state index is -2.39. The molecule has 0 unspecified atom stereocenters. The van der Waals surface area contributed by atoms with Gasteiger partial charge in [0.05, 0.1) is 5.56 Å². The minimum Gasteiger partial charge on any atom is -0.266 e. The molecule has 82 valence electrons. The Kier molecular flexibility index (Phi) is 4.30. The minimum absolute atomic E-state index is 0.435. The van der Waals surface area contributed by atoms with Gasteiger partial charge in [-0.2, -0.15) is 4.36 Å². The summed E-state index contributed by atoms with van der Waals surface area (Å²) >= 11 is 5.33. The molecule has 15 heavy (non-hydrogen) atoms. The fourth-order valence-corrected chi connectivity index (χ4v) is 2.34. The predicted octanol–water partition coefficient (Wildman–Crippen LogP) is 2.92. The lowest BCUT2D eigenvalue weighted by Gasteiger charge is -2.01. The molecular formula is C9H9BrINO2S. The maximum absolute atomic E-state index is 11.7. The third kappa shape index (κ3) is 4.20. The molecule has 0 N–H and O–H groups in total. The molecule has 1 aromatic carbocycles. The number of halogens is 2. The number of carbonyl (C=O) groups is 1. The Labute approximate surface area is 111 Å². The highest BCUT2D eigenvalue weighted by atomic mass is 127. The van der Waals surface area contributed by atoms with Crippen molar-refractivity contribution in [2.45, 2.75) is 0 Å². The van der Waals surface area contributed by atoms with Gasteiger partial charge < -0.3 is 0 Å². The number of rotatable bonds is 1. The van der Waals surface area contributed by atoms with Crippen molar-refractivity contribution >= 4 is 54.2 Å². The van der Waals surface area contributed by atoms with Gasteiger partial charge in [-0.3, -0.25) is 4.79 Å². The molecule has 1 aromatic rings. The van der Waals surface area contributed by atoms with Crippen LogP contribution in [-0.4, -0.2) is 22.6 Å². The standard InChI is InChI=1S/C9H9BrINO2S/c1-15(2,14)12-9(13)7-5-6(10)3-4-8(7)11/h3-5H,1-2H3. The van der Waals surface area contributed by atoms with Crippen LogP contribution in [0.15, 0.2) is 27.0 Å². The van der Waals surface area contributed by atoms with Crippen LogP contribution in [0.1, 0.15) is 10.4 Å². The molecule has 0 aromatic heterocycles. The summed E-state index contributed by atoms with van der Waals surface area (Å²) in [5.41, 5.74) is 0.474. The number of hydrogen-bond acceptors (Lipinski definition) is 2. The maximum atomic E-state index is 11.7. The molecule has 0 aliphatic heterocycles. The lowest BCUT2D eigenvalue weighted by Crippen LogP contribution is -2.03. The van der Waals surface area contributed by atoms with Crippen LogP contribution in [0, 0.1) is 3.57 Å². The zero-order valence-electron chi connectivity index (χ0n) is 8.16. The summed E-state index contributed by atoms with van der Waals surface area (Å²) in [5.74, 6) is -0.435. The third-order valence-electron chi connectivity index (χ3n) is 1.46. The van der Waals surface area contributed by atoms with Gasteiger partial charge in [-0.25, -0.2) is 4.21 Å². The van der Waals surface area contributed by atoms with E-state index in [4.69, 9.17) is 0 Å². The maximum Gasteiger partial charge on any atom is 0.286 e. The van der Waals surface area contributed by atoms with E-state index < -0.39 is 15.6 Å². The molecule has 0 saturated carbocycles. The second-order valence-electron chi connectivity index (χ2n) is 3.20. The lowest BCUT2D eigenvalue weighted by atomic mass is 10.2. The van der Waals surface area contributed by atoms with Gasteiger partial charge in [0, 0.05) is 30.3 Å². The van der Waals surface area contributed by atoms with E-state index >= 15 is 0 Å². The Morgan fingerprint density at radius 1 is 1.47 bits per heavy atom. The summed E-state index contributed by atoms with van der Waals surface area (Å²) in [4.78, 5) is 11.7. The van der Waals surface area contributed by atoms with E-state index in [2.05, 4.69) is 20.3 Å². The molecule has 3 nitrogen and oxygen atoms in total. The Bertz CT molecular complexity index is 513. The summed E-state index contributed by atoms with van der Waals surface area (Å²) in [7, 11) is -2.39. The van der Waals surface area contributed by atoms with Crippen LogP contribution < -0.4 is 0 Å². The van der Waals surface area contributed by atoms with E-state index in [0.29, 0.717) is 5.56 Å². The van der Waals surface area contributed by atoms with Crippen molar-refractivity contribution in [2.75, 3.05) is 12.5 Å². The molecule has 0 bridgehead atoms. The van der Waals surface area contributed by atoms with Crippen molar-refractivity contribution in [3.63, 3.8) is 0 Å². The highest BCUT2D eigenvalue weighted by Gasteiger charge is 2.10. The van der Waals surface area contributed by atoms with Crippen molar-refractivity contribution in [2.24, 2.45) is 4.36 Å². The Hall–Kier alpha value is 0.0500. The molecule has 0 spiro atoms. The number of amides is 1. The SMILES string of the molecule is CS(C)(=O)=NC(=O)c1cc(Br)ccc1I. The zero-order chi connectivity index (χ0) is 11.6. The molecule has 0 saturated heterocycles. The van der Waals surface area contributed by atoms with Crippen LogP contribution in [0.5, 0.6) is 0 Å². The summed E-state index contributed by atoms with van der Waals surface area (Å²) in [6.07, 6.45) is 2.88. The summed E-state index contributed by atoms with van der Waals surface area (Å²) in [6, 6.07) is 5.33. The largest absolute Gasteiger partial charge is 0.286 e. The summed E-state index contributed by atoms with van der Waals surface area (Å²) in [6.45, 7) is 0. The van der Waals surface area contributed by atoms with Crippen LogP contribution in [0.2, 0.25) is 0 Å². The molecule has 1 rings (SSSR count). The fourth-order valence-electron chi connectivity index (χ4n) is 0.910. The van der Waals surface area contributed by atoms with Crippen molar-refractivity contribution in [3.8, 4) is 0 Å². The lowest BCUT2D eigenvalue weighted by molar-refractivity contribution is 0.100. The third-order valence-corrected chi connectivity index (χ3v) is 3.50. The smallest absolute Gasteiger partial charge is 0.266 e. The topological polar surface area (TPSA) is 46.5 Å². The van der Waals surface area contributed by atoms with Gasteiger partial charge in [0.25, 0.3) is 5.91 Å². The first-order valence-corrected chi connectivity index (χ1v) is 8.16. The van der Waals surface area contributed by atoms with Crippen molar-refractivity contribution in [3.05, 3.63) is 31.8 Å². The Morgan fingerprint density at radius 2 is 2.07 bits per heavy atom. The average molecular weight is 402 g/mol. The number of benzene rings is 1. The first-order valence-electron chi connectivity index (χ1n) is 3.96. The van der Waals surface area contributed by atoms with Gasteiger partial charge in [-0.15, -0.1) is 0 Å². The first kappa shape index (κ1) is 13.1. The zero-order valence-corrected chi connectivity index (χ0v) is 12.7. The van der Waals surface area contributed by atoms with E-state index in [9.17, 15) is 9.00 Å². The van der Waals surface area contributed by atoms with Crippen LogP contribution in [0.25, 0.3) is 0 Å². The molecule has 1 amide bonds. The highest BCUT2D eigenvalue weighted by molar-refractivity contribution is 14.1. The molecule has 0 fully saturated rings. The molecule has 0 heterocycles. The molecule has 6 heteroatoms. The Balaban J connectivity index is 3.24. The van der Waals surface area contributed by atoms with E-state index in [1.807, 2.05) is 28.7 Å². The van der Waals surface area contributed by atoms with E-state index in [1.165, 1.54) is 12.5 Å². The molecule has 0 radical (unpaired) electrons. The van der Waals surface area contributed by atoms with Crippen LogP contribution in [-0.2, 0) is 9.73 Å². The van der Waals surface area contributed by atoms with Crippen LogP contribution in [0.4, 0.5) is 0 Å². The van der Waals surface area contributed by atoms with E-state index in [1.54, 1.807) is 12.1 Å². The second-order valence-corrected chi connectivity index (χ2v) is 7.82. The van der Waals surface area contributed by atoms with Crippen molar-refractivity contribution in [1.82, 2.24) is 0 Å². The average Bonchev–Trinajstić information content (AvgIpc) is 2.06. The molecular weight excluding hydrogens is 393 g/mol. The van der Waals surface area contributed by atoms with Crippen molar-refractivity contribution < 1.29 is 9.00 Å². The Morgan fingerprint density at radius 3 is 2.60 bits per heavy atom. The summed E-state index contributed by atoms with van der Waals surface area (Å²) in [5, 5.41) is 0. The van der Waals surface area contributed by atoms with E-state index in [0.717, 1.165) is 8.04 Å². The van der Waals surface area contributed by atoms with Crippen molar-refractivity contribution in [1.29, 1.82) is 0 Å². The van der Waals surface area contributed by atoms with Gasteiger partial charge >= 0.3 is 0 Å². The second kappa shape index (κ2) is 4.92. The highest BCUT2D eigenvalue weighted by Crippen LogP contribution is 2.19. The number of hydrogen-bond donors (Lipinski definition) is 0. The van der Waals surface area contributed by atoms with Gasteiger partial charge in [-0.1, -0.05) is 15.9 Å².